The van der Waals surface area contributed by atoms with Gasteiger partial charge in [-0.3, -0.25) is 4.72 Å². The number of rotatable bonds is 3. The maximum Gasteiger partial charge on any atom is 0.262 e. The van der Waals surface area contributed by atoms with Crippen LogP contribution in [0.2, 0.25) is 5.02 Å². The lowest BCUT2D eigenvalue weighted by Gasteiger charge is -2.12. The molecule has 2 aromatic rings. The van der Waals surface area contributed by atoms with Gasteiger partial charge in [0.15, 0.2) is 17.5 Å². The summed E-state index contributed by atoms with van der Waals surface area (Å²) in [4.78, 5) is -0.0838. The van der Waals surface area contributed by atoms with Crippen LogP contribution in [0.25, 0.3) is 0 Å². The minimum absolute atomic E-state index is 0.0838. The van der Waals surface area contributed by atoms with E-state index >= 15 is 0 Å². The van der Waals surface area contributed by atoms with Gasteiger partial charge in [-0.15, -0.1) is 0 Å². The Kier molecular flexibility index (Phi) is 4.39. The molecule has 0 aliphatic carbocycles. The van der Waals surface area contributed by atoms with Crippen LogP contribution in [0.4, 0.5) is 18.9 Å². The maximum absolute atomic E-state index is 13.1. The summed E-state index contributed by atoms with van der Waals surface area (Å²) < 4.78 is 65.8. The van der Waals surface area contributed by atoms with Crippen LogP contribution in [-0.2, 0) is 10.0 Å². The maximum atomic E-state index is 13.1. The number of hydrogen-bond acceptors (Lipinski definition) is 2. The first-order chi connectivity index (χ1) is 10.1. The molecule has 0 saturated carbocycles. The standard InChI is InChI=1S/C14H11ClF3NO2S/c1-7-4-13(8(2)3-10(7)15)22(20,21)19-9-5-11(16)14(18)12(17)6-9/h3-6,19H,1-2H3. The van der Waals surface area contributed by atoms with Crippen molar-refractivity contribution in [3.05, 3.63) is 57.9 Å². The Morgan fingerprint density at radius 3 is 2.05 bits per heavy atom. The molecular weight excluding hydrogens is 339 g/mol. The fraction of sp³-hybridized carbons (Fsp3) is 0.143. The van der Waals surface area contributed by atoms with Crippen LogP contribution in [0.1, 0.15) is 11.1 Å². The van der Waals surface area contributed by atoms with Crippen LogP contribution in [0, 0.1) is 31.3 Å². The number of sulfonamides is 1. The normalized spacial score (nSPS) is 11.5. The number of hydrogen-bond donors (Lipinski definition) is 1. The van der Waals surface area contributed by atoms with Crippen molar-refractivity contribution < 1.29 is 21.6 Å². The first kappa shape index (κ1) is 16.6. The van der Waals surface area contributed by atoms with Crippen LogP contribution in [-0.4, -0.2) is 8.42 Å². The number of anilines is 1. The summed E-state index contributed by atoms with van der Waals surface area (Å²) in [6.07, 6.45) is 0. The van der Waals surface area contributed by atoms with Crippen molar-refractivity contribution in [1.82, 2.24) is 0 Å². The van der Waals surface area contributed by atoms with Gasteiger partial charge in [-0.2, -0.15) is 0 Å². The highest BCUT2D eigenvalue weighted by atomic mass is 35.5. The van der Waals surface area contributed by atoms with Gasteiger partial charge in [0.25, 0.3) is 10.0 Å². The third-order valence-corrected chi connectivity index (χ3v) is 4.91. The van der Waals surface area contributed by atoms with E-state index in [1.165, 1.54) is 19.1 Å². The van der Waals surface area contributed by atoms with Crippen molar-refractivity contribution in [1.29, 1.82) is 0 Å². The zero-order valence-corrected chi connectivity index (χ0v) is 13.1. The van der Waals surface area contributed by atoms with Crippen LogP contribution in [0.3, 0.4) is 0 Å². The molecule has 0 spiro atoms. The molecule has 0 atom stereocenters. The van der Waals surface area contributed by atoms with Crippen molar-refractivity contribution in [2.24, 2.45) is 0 Å². The summed E-state index contributed by atoms with van der Waals surface area (Å²) in [5, 5.41) is 0.398. The molecule has 0 bridgehead atoms. The smallest absolute Gasteiger partial charge is 0.262 e. The molecular formula is C14H11ClF3NO2S. The van der Waals surface area contributed by atoms with Crippen molar-refractivity contribution in [3.63, 3.8) is 0 Å². The van der Waals surface area contributed by atoms with Crippen LogP contribution >= 0.6 is 11.6 Å². The molecule has 0 unspecified atom stereocenters. The van der Waals surface area contributed by atoms with E-state index in [2.05, 4.69) is 0 Å². The fourth-order valence-corrected chi connectivity index (χ4v) is 3.44. The lowest BCUT2D eigenvalue weighted by Crippen LogP contribution is -2.15. The topological polar surface area (TPSA) is 46.2 Å². The lowest BCUT2D eigenvalue weighted by atomic mass is 10.2. The van der Waals surface area contributed by atoms with E-state index in [0.29, 0.717) is 28.3 Å². The summed E-state index contributed by atoms with van der Waals surface area (Å²) in [5.41, 5.74) is 0.485. The average molecular weight is 350 g/mol. The average Bonchev–Trinajstić information content (AvgIpc) is 2.39. The van der Waals surface area contributed by atoms with Gasteiger partial charge in [0.2, 0.25) is 0 Å². The molecule has 0 radical (unpaired) electrons. The predicted molar refractivity (Wildman–Crippen MR) is 78.1 cm³/mol. The summed E-state index contributed by atoms with van der Waals surface area (Å²) in [6.45, 7) is 3.16. The van der Waals surface area contributed by atoms with E-state index < -0.39 is 33.2 Å². The molecule has 0 aliphatic heterocycles. The summed E-state index contributed by atoms with van der Waals surface area (Å²) in [6, 6.07) is 3.94. The number of aryl methyl sites for hydroxylation is 2. The third-order valence-electron chi connectivity index (χ3n) is 2.98. The second-order valence-electron chi connectivity index (χ2n) is 4.73. The van der Waals surface area contributed by atoms with Gasteiger partial charge in [0.05, 0.1) is 10.6 Å². The van der Waals surface area contributed by atoms with Gasteiger partial charge in [-0.05, 0) is 37.1 Å². The molecule has 8 heteroatoms. The molecule has 2 rings (SSSR count). The predicted octanol–water partition coefficient (Wildman–Crippen LogP) is 4.17. The molecule has 0 aromatic heterocycles. The van der Waals surface area contributed by atoms with Gasteiger partial charge in [-0.25, -0.2) is 21.6 Å². The molecule has 2 aromatic carbocycles. The molecule has 0 saturated heterocycles. The Morgan fingerprint density at radius 2 is 1.50 bits per heavy atom. The molecule has 0 amide bonds. The number of halogens is 4. The second-order valence-corrected chi connectivity index (χ2v) is 6.78. The highest BCUT2D eigenvalue weighted by Gasteiger charge is 2.20. The largest absolute Gasteiger partial charge is 0.279 e. The SMILES string of the molecule is Cc1cc(S(=O)(=O)Nc2cc(F)c(F)c(F)c2)c(C)cc1Cl. The molecule has 3 nitrogen and oxygen atoms in total. The van der Waals surface area contributed by atoms with E-state index in [1.54, 1.807) is 6.92 Å². The van der Waals surface area contributed by atoms with E-state index in [1.807, 2.05) is 4.72 Å². The molecule has 22 heavy (non-hydrogen) atoms. The zero-order chi connectivity index (χ0) is 16.7. The highest BCUT2D eigenvalue weighted by Crippen LogP contribution is 2.26. The Hall–Kier alpha value is -1.73. The fourth-order valence-electron chi connectivity index (χ4n) is 1.87. The molecule has 0 heterocycles. The summed E-state index contributed by atoms with van der Waals surface area (Å²) in [5.74, 6) is -4.63. The van der Waals surface area contributed by atoms with Crippen LogP contribution in [0.5, 0.6) is 0 Å². The van der Waals surface area contributed by atoms with Gasteiger partial charge in [0.1, 0.15) is 0 Å². The first-order valence-corrected chi connectivity index (χ1v) is 7.92. The first-order valence-electron chi connectivity index (χ1n) is 6.06. The Labute approximate surface area is 130 Å². The van der Waals surface area contributed by atoms with Crippen molar-refractivity contribution >= 4 is 27.3 Å². The molecule has 0 aliphatic rings. The minimum atomic E-state index is -4.09. The molecule has 0 fully saturated rings. The van der Waals surface area contributed by atoms with E-state index in [9.17, 15) is 21.6 Å². The Bertz CT molecular complexity index is 830. The third kappa shape index (κ3) is 3.20. The van der Waals surface area contributed by atoms with Crippen molar-refractivity contribution in [2.45, 2.75) is 18.7 Å². The number of nitrogens with one attached hydrogen (secondary N) is 1. The summed E-state index contributed by atoms with van der Waals surface area (Å²) >= 11 is 5.90. The quantitative estimate of drug-likeness (QED) is 0.845. The molecule has 118 valence electrons. The van der Waals surface area contributed by atoms with Gasteiger partial charge in [0, 0.05) is 17.2 Å². The lowest BCUT2D eigenvalue weighted by molar-refractivity contribution is 0.448. The van der Waals surface area contributed by atoms with Crippen molar-refractivity contribution in [3.8, 4) is 0 Å². The summed E-state index contributed by atoms with van der Waals surface area (Å²) in [7, 11) is -4.09. The van der Waals surface area contributed by atoms with E-state index in [0.717, 1.165) is 0 Å². The highest BCUT2D eigenvalue weighted by molar-refractivity contribution is 7.92. The van der Waals surface area contributed by atoms with E-state index in [-0.39, 0.29) is 4.90 Å². The minimum Gasteiger partial charge on any atom is -0.279 e. The van der Waals surface area contributed by atoms with Gasteiger partial charge >= 0.3 is 0 Å². The zero-order valence-electron chi connectivity index (χ0n) is 11.5. The van der Waals surface area contributed by atoms with E-state index in [4.69, 9.17) is 11.6 Å². The van der Waals surface area contributed by atoms with Crippen LogP contribution in [0.15, 0.2) is 29.2 Å². The van der Waals surface area contributed by atoms with Gasteiger partial charge in [-0.1, -0.05) is 11.6 Å². The Morgan fingerprint density at radius 1 is 0.955 bits per heavy atom. The number of benzene rings is 2. The van der Waals surface area contributed by atoms with Gasteiger partial charge < -0.3 is 0 Å². The van der Waals surface area contributed by atoms with Crippen LogP contribution < -0.4 is 4.72 Å². The Balaban J connectivity index is 2.47. The van der Waals surface area contributed by atoms with Crippen molar-refractivity contribution in [2.75, 3.05) is 4.72 Å². The second kappa shape index (κ2) is 5.81. The monoisotopic (exact) mass is 349 g/mol. The molecule has 1 N–H and O–H groups in total.